The van der Waals surface area contributed by atoms with Gasteiger partial charge in [0.05, 0.1) is 18.8 Å². The van der Waals surface area contributed by atoms with E-state index in [9.17, 15) is 0 Å². The lowest BCUT2D eigenvalue weighted by Crippen LogP contribution is -2.39. The minimum Gasteiger partial charge on any atom is -0.329 e. The number of hydrogen-bond acceptors (Lipinski definition) is 5. The van der Waals surface area contributed by atoms with Crippen LogP contribution in [0, 0.1) is 18.4 Å². The molecule has 1 aromatic heterocycles. The number of rotatable bonds is 5. The fourth-order valence-corrected chi connectivity index (χ4v) is 2.21. The maximum atomic E-state index is 8.96. The Labute approximate surface area is 119 Å². The molecule has 0 amide bonds. The average Bonchev–Trinajstić information content (AvgIpc) is 2.85. The van der Waals surface area contributed by atoms with Crippen molar-refractivity contribution in [2.24, 2.45) is 4.99 Å². The summed E-state index contributed by atoms with van der Waals surface area (Å²) in [6.07, 6.45) is 9.66. The molecule has 106 valence electrons. The van der Waals surface area contributed by atoms with Gasteiger partial charge in [-0.05, 0) is 18.9 Å². The highest BCUT2D eigenvalue weighted by atomic mass is 15.6. The van der Waals surface area contributed by atoms with Crippen LogP contribution in [0.25, 0.3) is 0 Å². The van der Waals surface area contributed by atoms with E-state index in [0.29, 0.717) is 0 Å². The van der Waals surface area contributed by atoms with E-state index in [2.05, 4.69) is 27.7 Å². The highest BCUT2D eigenvalue weighted by Crippen LogP contribution is 2.20. The summed E-state index contributed by atoms with van der Waals surface area (Å²) in [6.45, 7) is 5.61. The number of aryl methyl sites for hydroxylation is 1. The van der Waals surface area contributed by atoms with E-state index in [4.69, 9.17) is 5.26 Å². The van der Waals surface area contributed by atoms with E-state index in [1.807, 2.05) is 18.1 Å². The lowest BCUT2D eigenvalue weighted by molar-refractivity contribution is 0.164. The number of aliphatic imine (C=N–C) groups is 1. The van der Waals surface area contributed by atoms with Crippen LogP contribution in [-0.4, -0.2) is 39.5 Å². The Morgan fingerprint density at radius 2 is 2.30 bits per heavy atom. The van der Waals surface area contributed by atoms with Crippen molar-refractivity contribution in [3.8, 4) is 6.19 Å². The normalized spacial score (nSPS) is 14.6. The van der Waals surface area contributed by atoms with Gasteiger partial charge in [-0.3, -0.25) is 5.01 Å². The third-order valence-corrected chi connectivity index (χ3v) is 3.43. The lowest BCUT2D eigenvalue weighted by Gasteiger charge is -2.30. The number of aromatic nitrogens is 2. The van der Waals surface area contributed by atoms with E-state index < -0.39 is 0 Å². The average molecular weight is 272 g/mol. The summed E-state index contributed by atoms with van der Waals surface area (Å²) in [6, 6.07) is 0. The van der Waals surface area contributed by atoms with Gasteiger partial charge in [0.1, 0.15) is 12.2 Å². The summed E-state index contributed by atoms with van der Waals surface area (Å²) >= 11 is 0. The van der Waals surface area contributed by atoms with Crippen molar-refractivity contribution in [2.75, 3.05) is 13.6 Å². The van der Waals surface area contributed by atoms with Crippen LogP contribution in [0.15, 0.2) is 28.7 Å². The van der Waals surface area contributed by atoms with Gasteiger partial charge in [-0.1, -0.05) is 13.3 Å². The Hall–Kier alpha value is -2.29. The first-order valence-electron chi connectivity index (χ1n) is 6.78. The molecule has 0 radical (unpaired) electrons. The Morgan fingerprint density at radius 3 is 2.90 bits per heavy atom. The maximum Gasteiger partial charge on any atom is 0.199 e. The predicted octanol–water partition coefficient (Wildman–Crippen LogP) is 1.92. The van der Waals surface area contributed by atoms with Crippen molar-refractivity contribution in [2.45, 2.75) is 33.2 Å². The van der Waals surface area contributed by atoms with Gasteiger partial charge in [0.25, 0.3) is 0 Å². The fraction of sp³-hybridized carbons (Fsp3) is 0.500. The molecule has 0 fully saturated rings. The van der Waals surface area contributed by atoms with Crippen LogP contribution in [0.3, 0.4) is 0 Å². The van der Waals surface area contributed by atoms with Gasteiger partial charge < -0.3 is 4.57 Å². The molecule has 0 aromatic carbocycles. The molecule has 0 saturated heterocycles. The Kier molecular flexibility index (Phi) is 4.41. The largest absolute Gasteiger partial charge is 0.329 e. The molecule has 0 spiro atoms. The molecule has 0 N–H and O–H groups in total. The molecule has 2 rings (SSSR count). The molecule has 2 heterocycles. The van der Waals surface area contributed by atoms with Gasteiger partial charge in [0.2, 0.25) is 0 Å². The van der Waals surface area contributed by atoms with Crippen molar-refractivity contribution in [1.29, 1.82) is 5.26 Å². The van der Waals surface area contributed by atoms with Crippen molar-refractivity contribution >= 4 is 6.34 Å². The first-order valence-corrected chi connectivity index (χ1v) is 6.78. The van der Waals surface area contributed by atoms with Crippen LogP contribution in [0.2, 0.25) is 0 Å². The molecule has 0 bridgehead atoms. The summed E-state index contributed by atoms with van der Waals surface area (Å²) in [5, 5.41) is 12.3. The summed E-state index contributed by atoms with van der Waals surface area (Å²) < 4.78 is 2.09. The number of allylic oxidation sites excluding steroid dienone is 1. The highest BCUT2D eigenvalue weighted by Gasteiger charge is 2.17. The highest BCUT2D eigenvalue weighted by molar-refractivity contribution is 5.59. The maximum absolute atomic E-state index is 8.96. The second-order valence-electron chi connectivity index (χ2n) is 4.87. The molecule has 0 atom stereocenters. The van der Waals surface area contributed by atoms with Gasteiger partial charge in [0.15, 0.2) is 6.19 Å². The SMILES string of the molecule is CCCC1=C(Cn2ccnc2C)N=CN(N(C)C#N)C1. The van der Waals surface area contributed by atoms with Crippen LogP contribution in [-0.2, 0) is 6.54 Å². The second-order valence-corrected chi connectivity index (χ2v) is 4.87. The van der Waals surface area contributed by atoms with Gasteiger partial charge >= 0.3 is 0 Å². The van der Waals surface area contributed by atoms with Gasteiger partial charge in [-0.2, -0.15) is 5.26 Å². The molecule has 0 saturated carbocycles. The van der Waals surface area contributed by atoms with Crippen LogP contribution < -0.4 is 0 Å². The van der Waals surface area contributed by atoms with Crippen LogP contribution in [0.4, 0.5) is 0 Å². The summed E-state index contributed by atoms with van der Waals surface area (Å²) in [5.74, 6) is 0.986. The first kappa shape index (κ1) is 14.1. The lowest BCUT2D eigenvalue weighted by atomic mass is 10.1. The minimum absolute atomic E-state index is 0.727. The molecular weight excluding hydrogens is 252 g/mol. The molecule has 1 aliphatic rings. The Morgan fingerprint density at radius 1 is 1.50 bits per heavy atom. The number of imidazole rings is 1. The Balaban J connectivity index is 2.19. The van der Waals surface area contributed by atoms with Crippen LogP contribution >= 0.6 is 0 Å². The summed E-state index contributed by atoms with van der Waals surface area (Å²) in [4.78, 5) is 8.77. The van der Waals surface area contributed by atoms with E-state index in [0.717, 1.165) is 37.5 Å². The number of nitrogens with zero attached hydrogens (tertiary/aromatic N) is 6. The zero-order chi connectivity index (χ0) is 14.5. The van der Waals surface area contributed by atoms with E-state index >= 15 is 0 Å². The summed E-state index contributed by atoms with van der Waals surface area (Å²) in [7, 11) is 1.74. The zero-order valence-corrected chi connectivity index (χ0v) is 12.2. The molecule has 6 heteroatoms. The molecular formula is C14H20N6. The first-order chi connectivity index (χ1) is 9.65. The van der Waals surface area contributed by atoms with Crippen molar-refractivity contribution in [3.63, 3.8) is 0 Å². The zero-order valence-electron chi connectivity index (χ0n) is 12.2. The quantitative estimate of drug-likeness (QED) is 0.607. The van der Waals surface area contributed by atoms with Crippen LogP contribution in [0.1, 0.15) is 25.6 Å². The van der Waals surface area contributed by atoms with Crippen molar-refractivity contribution in [3.05, 3.63) is 29.5 Å². The smallest absolute Gasteiger partial charge is 0.199 e. The fourth-order valence-electron chi connectivity index (χ4n) is 2.21. The predicted molar refractivity (Wildman–Crippen MR) is 77.5 cm³/mol. The molecule has 1 aromatic rings. The third kappa shape index (κ3) is 2.99. The molecule has 6 nitrogen and oxygen atoms in total. The molecule has 0 unspecified atom stereocenters. The van der Waals surface area contributed by atoms with E-state index in [-0.39, 0.29) is 0 Å². The number of hydrogen-bond donors (Lipinski definition) is 0. The number of hydrazine groups is 1. The Bertz CT molecular complexity index is 562. The monoisotopic (exact) mass is 272 g/mol. The van der Waals surface area contributed by atoms with Crippen molar-refractivity contribution < 1.29 is 0 Å². The van der Waals surface area contributed by atoms with E-state index in [1.54, 1.807) is 19.6 Å². The molecule has 20 heavy (non-hydrogen) atoms. The van der Waals surface area contributed by atoms with E-state index in [1.165, 1.54) is 10.6 Å². The number of nitriles is 1. The molecule has 0 aliphatic carbocycles. The summed E-state index contributed by atoms with van der Waals surface area (Å²) in [5.41, 5.74) is 2.36. The standard InChI is InChI=1S/C14H20N6/c1-4-5-13-8-20(18(3)10-15)11-17-14(13)9-19-7-6-16-12(19)2/h6-7,11H,4-5,8-9H2,1-3H3. The topological polar surface area (TPSA) is 60.5 Å². The van der Waals surface area contributed by atoms with Gasteiger partial charge in [0, 0.05) is 19.4 Å². The van der Waals surface area contributed by atoms with Gasteiger partial charge in [-0.25, -0.2) is 15.0 Å². The van der Waals surface area contributed by atoms with Gasteiger partial charge in [-0.15, -0.1) is 0 Å². The van der Waals surface area contributed by atoms with Crippen LogP contribution in [0.5, 0.6) is 0 Å². The third-order valence-electron chi connectivity index (χ3n) is 3.43. The molecule has 1 aliphatic heterocycles. The van der Waals surface area contributed by atoms with Crippen molar-refractivity contribution in [1.82, 2.24) is 19.6 Å². The minimum atomic E-state index is 0.727. The second kappa shape index (κ2) is 6.24.